The molecule has 4 amide bonds. The predicted octanol–water partition coefficient (Wildman–Crippen LogP) is 0.103. The SMILES string of the molecule is O=C(CC1NC(=O)N(Cc2ccco2)C1=O)NCCn1cccn1. The first-order valence-electron chi connectivity index (χ1n) is 7.52. The molecule has 9 nitrogen and oxygen atoms in total. The van der Waals surface area contributed by atoms with Crippen molar-refractivity contribution in [1.29, 1.82) is 0 Å². The minimum atomic E-state index is -0.850. The monoisotopic (exact) mass is 331 g/mol. The lowest BCUT2D eigenvalue weighted by atomic mass is 10.2. The molecule has 1 aliphatic rings. The third kappa shape index (κ3) is 3.62. The Morgan fingerprint density at radius 2 is 2.25 bits per heavy atom. The molecule has 2 N–H and O–H groups in total. The Morgan fingerprint density at radius 3 is 2.96 bits per heavy atom. The highest BCUT2D eigenvalue weighted by Gasteiger charge is 2.39. The second-order valence-corrected chi connectivity index (χ2v) is 5.33. The van der Waals surface area contributed by atoms with Gasteiger partial charge < -0.3 is 15.1 Å². The largest absolute Gasteiger partial charge is 0.467 e. The van der Waals surface area contributed by atoms with Crippen LogP contribution in [0.5, 0.6) is 0 Å². The number of imide groups is 1. The van der Waals surface area contributed by atoms with Crippen molar-refractivity contribution >= 4 is 17.8 Å². The van der Waals surface area contributed by atoms with Gasteiger partial charge in [0.2, 0.25) is 5.91 Å². The van der Waals surface area contributed by atoms with Crippen LogP contribution in [0.25, 0.3) is 0 Å². The molecule has 0 saturated carbocycles. The van der Waals surface area contributed by atoms with Gasteiger partial charge in [0.1, 0.15) is 11.8 Å². The van der Waals surface area contributed by atoms with Crippen molar-refractivity contribution in [2.24, 2.45) is 0 Å². The van der Waals surface area contributed by atoms with Gasteiger partial charge in [-0.1, -0.05) is 0 Å². The number of hydrogen-bond acceptors (Lipinski definition) is 5. The van der Waals surface area contributed by atoms with Crippen LogP contribution in [0.15, 0.2) is 41.3 Å². The van der Waals surface area contributed by atoms with Crippen LogP contribution >= 0.6 is 0 Å². The van der Waals surface area contributed by atoms with Crippen molar-refractivity contribution in [2.45, 2.75) is 25.6 Å². The van der Waals surface area contributed by atoms with E-state index in [1.165, 1.54) is 6.26 Å². The summed E-state index contributed by atoms with van der Waals surface area (Å²) in [6.07, 6.45) is 4.82. The van der Waals surface area contributed by atoms with E-state index >= 15 is 0 Å². The fourth-order valence-electron chi connectivity index (χ4n) is 2.42. The average Bonchev–Trinajstić information content (AvgIpc) is 3.28. The Bertz CT molecular complexity index is 710. The summed E-state index contributed by atoms with van der Waals surface area (Å²) in [6.45, 7) is 0.981. The number of carbonyl (C=O) groups is 3. The Labute approximate surface area is 137 Å². The number of furan rings is 1. The summed E-state index contributed by atoms with van der Waals surface area (Å²) in [7, 11) is 0. The summed E-state index contributed by atoms with van der Waals surface area (Å²) in [4.78, 5) is 37.1. The Kier molecular flexibility index (Phi) is 4.59. The third-order valence-corrected chi connectivity index (χ3v) is 3.61. The first-order chi connectivity index (χ1) is 11.6. The molecule has 1 aliphatic heterocycles. The minimum Gasteiger partial charge on any atom is -0.467 e. The lowest BCUT2D eigenvalue weighted by Crippen LogP contribution is -2.37. The molecule has 3 heterocycles. The van der Waals surface area contributed by atoms with E-state index < -0.39 is 18.0 Å². The molecule has 1 saturated heterocycles. The van der Waals surface area contributed by atoms with Crippen LogP contribution in [0.1, 0.15) is 12.2 Å². The maximum Gasteiger partial charge on any atom is 0.325 e. The number of urea groups is 1. The molecule has 1 fully saturated rings. The van der Waals surface area contributed by atoms with Crippen molar-refractivity contribution in [1.82, 2.24) is 25.3 Å². The van der Waals surface area contributed by atoms with Gasteiger partial charge in [-0.25, -0.2) is 4.79 Å². The molecule has 0 bridgehead atoms. The number of nitrogens with zero attached hydrogens (tertiary/aromatic N) is 3. The summed E-state index contributed by atoms with van der Waals surface area (Å²) in [6, 6.07) is 3.78. The van der Waals surface area contributed by atoms with E-state index in [1.807, 2.05) is 0 Å². The third-order valence-electron chi connectivity index (χ3n) is 3.61. The van der Waals surface area contributed by atoms with Gasteiger partial charge in [-0.05, 0) is 18.2 Å². The van der Waals surface area contributed by atoms with E-state index in [1.54, 1.807) is 35.3 Å². The highest BCUT2D eigenvalue weighted by atomic mass is 16.3. The number of aromatic nitrogens is 2. The summed E-state index contributed by atoms with van der Waals surface area (Å²) in [5.41, 5.74) is 0. The van der Waals surface area contributed by atoms with Crippen LogP contribution in [0.2, 0.25) is 0 Å². The predicted molar refractivity (Wildman–Crippen MR) is 81.4 cm³/mol. The maximum atomic E-state index is 12.2. The number of hydrogen-bond donors (Lipinski definition) is 2. The quantitative estimate of drug-likeness (QED) is 0.700. The zero-order valence-corrected chi connectivity index (χ0v) is 12.8. The maximum absolute atomic E-state index is 12.2. The number of rotatable bonds is 7. The van der Waals surface area contributed by atoms with Crippen LogP contribution in [-0.2, 0) is 22.7 Å². The summed E-state index contributed by atoms with van der Waals surface area (Å²) in [5, 5.41) is 9.24. The van der Waals surface area contributed by atoms with E-state index in [-0.39, 0.29) is 18.9 Å². The number of carbonyl (C=O) groups excluding carboxylic acids is 3. The molecule has 9 heteroatoms. The van der Waals surface area contributed by atoms with Gasteiger partial charge in [-0.3, -0.25) is 19.2 Å². The van der Waals surface area contributed by atoms with E-state index in [0.29, 0.717) is 18.8 Å². The lowest BCUT2D eigenvalue weighted by molar-refractivity contribution is -0.131. The van der Waals surface area contributed by atoms with Gasteiger partial charge in [0, 0.05) is 18.9 Å². The fraction of sp³-hybridized carbons (Fsp3) is 0.333. The van der Waals surface area contributed by atoms with Crippen LogP contribution in [-0.4, -0.2) is 45.1 Å². The van der Waals surface area contributed by atoms with Crippen molar-refractivity contribution in [3.8, 4) is 0 Å². The van der Waals surface area contributed by atoms with Gasteiger partial charge in [-0.15, -0.1) is 0 Å². The standard InChI is InChI=1S/C15H17N5O4/c21-13(16-5-7-19-6-2-4-17-19)9-12-14(22)20(15(23)18-12)10-11-3-1-8-24-11/h1-4,6,8,12H,5,7,9-10H2,(H,16,21)(H,18,23). The van der Waals surface area contributed by atoms with Crippen LogP contribution < -0.4 is 10.6 Å². The second kappa shape index (κ2) is 6.99. The summed E-state index contributed by atoms with van der Waals surface area (Å²) in [5.74, 6) is -0.234. The summed E-state index contributed by atoms with van der Waals surface area (Å²) < 4.78 is 6.82. The highest BCUT2D eigenvalue weighted by Crippen LogP contribution is 2.14. The molecule has 0 spiro atoms. The van der Waals surface area contributed by atoms with Crippen LogP contribution in [0.4, 0.5) is 4.79 Å². The van der Waals surface area contributed by atoms with E-state index in [0.717, 1.165) is 4.90 Å². The van der Waals surface area contributed by atoms with Crippen molar-refractivity contribution in [3.05, 3.63) is 42.6 Å². The van der Waals surface area contributed by atoms with Crippen molar-refractivity contribution < 1.29 is 18.8 Å². The smallest absolute Gasteiger partial charge is 0.325 e. The first kappa shape index (κ1) is 15.8. The molecule has 126 valence electrons. The Balaban J connectivity index is 1.47. The number of nitrogens with one attached hydrogen (secondary N) is 2. The average molecular weight is 331 g/mol. The highest BCUT2D eigenvalue weighted by molar-refractivity contribution is 6.05. The van der Waals surface area contributed by atoms with Crippen molar-refractivity contribution in [2.75, 3.05) is 6.54 Å². The topological polar surface area (TPSA) is 109 Å². The molecule has 0 aliphatic carbocycles. The minimum absolute atomic E-state index is 0.0507. The van der Waals surface area contributed by atoms with E-state index in [2.05, 4.69) is 15.7 Å². The molecule has 2 aromatic rings. The van der Waals surface area contributed by atoms with Gasteiger partial charge in [0.05, 0.1) is 25.8 Å². The first-order valence-corrected chi connectivity index (χ1v) is 7.52. The van der Waals surface area contributed by atoms with Gasteiger partial charge in [0.15, 0.2) is 0 Å². The van der Waals surface area contributed by atoms with Crippen LogP contribution in [0.3, 0.4) is 0 Å². The molecule has 2 aromatic heterocycles. The Morgan fingerprint density at radius 1 is 1.38 bits per heavy atom. The zero-order valence-electron chi connectivity index (χ0n) is 12.8. The molecular weight excluding hydrogens is 314 g/mol. The van der Waals surface area contributed by atoms with Gasteiger partial charge in [0.25, 0.3) is 5.91 Å². The van der Waals surface area contributed by atoms with Gasteiger partial charge in [-0.2, -0.15) is 5.10 Å². The summed E-state index contributed by atoms with van der Waals surface area (Å²) >= 11 is 0. The molecule has 3 rings (SSSR count). The lowest BCUT2D eigenvalue weighted by Gasteiger charge is -2.11. The van der Waals surface area contributed by atoms with E-state index in [9.17, 15) is 14.4 Å². The molecular formula is C15H17N5O4. The second-order valence-electron chi connectivity index (χ2n) is 5.33. The van der Waals surface area contributed by atoms with E-state index in [4.69, 9.17) is 4.42 Å². The van der Waals surface area contributed by atoms with Gasteiger partial charge >= 0.3 is 6.03 Å². The molecule has 0 aromatic carbocycles. The normalized spacial score (nSPS) is 17.2. The zero-order chi connectivity index (χ0) is 16.9. The molecule has 1 atom stereocenters. The van der Waals surface area contributed by atoms with Crippen molar-refractivity contribution in [3.63, 3.8) is 0 Å². The molecule has 1 unspecified atom stereocenters. The fourth-order valence-corrected chi connectivity index (χ4v) is 2.42. The molecule has 24 heavy (non-hydrogen) atoms. The number of amides is 4. The Hall–Kier alpha value is -3.10. The van der Waals surface area contributed by atoms with Crippen LogP contribution in [0, 0.1) is 0 Å². The molecule has 0 radical (unpaired) electrons.